The third-order valence-corrected chi connectivity index (χ3v) is 7.38. The van der Waals surface area contributed by atoms with E-state index in [1.54, 1.807) is 6.20 Å². The minimum absolute atomic E-state index is 0.175. The van der Waals surface area contributed by atoms with Crippen LogP contribution >= 0.6 is 33.9 Å². The van der Waals surface area contributed by atoms with E-state index in [2.05, 4.69) is 58.0 Å². The molecule has 0 atom stereocenters. The fraction of sp³-hybridized carbons (Fsp3) is 0.391. The number of aliphatic hydroxyl groups excluding tert-OH is 1. The van der Waals surface area contributed by atoms with Gasteiger partial charge in [0.25, 0.3) is 5.91 Å². The predicted molar refractivity (Wildman–Crippen MR) is 145 cm³/mol. The number of aliphatic hydroxyl groups is 1. The first-order valence-electron chi connectivity index (χ1n) is 11.1. The van der Waals surface area contributed by atoms with Gasteiger partial charge in [-0.05, 0) is 25.0 Å². The second kappa shape index (κ2) is 11.4. The number of β-amino-alcohol motifs (C(OH)–C–C–N with tert-alkyl or cyclic N) is 1. The lowest BCUT2D eigenvalue weighted by atomic mass is 10.1. The third-order valence-electron chi connectivity index (χ3n) is 5.64. The van der Waals surface area contributed by atoms with E-state index in [0.717, 1.165) is 53.2 Å². The molecule has 0 spiro atoms. The maximum absolute atomic E-state index is 12.9. The molecule has 3 heterocycles. The van der Waals surface area contributed by atoms with Crippen molar-refractivity contribution in [2.45, 2.75) is 18.3 Å². The van der Waals surface area contributed by atoms with Gasteiger partial charge in [0.1, 0.15) is 22.3 Å². The number of carbonyl (C=O) groups excluding carboxylic acids is 1. The average Bonchev–Trinajstić information content (AvgIpc) is 3.29. The Morgan fingerprint density at radius 3 is 2.74 bits per heavy atom. The van der Waals surface area contributed by atoms with E-state index in [-0.39, 0.29) is 12.5 Å². The number of halogens is 1. The quantitative estimate of drug-likeness (QED) is 0.269. The maximum atomic E-state index is 12.9. The summed E-state index contributed by atoms with van der Waals surface area (Å²) in [5, 5.41) is 16.0. The van der Waals surface area contributed by atoms with Crippen LogP contribution in [0, 0.1) is 13.8 Å². The minimum Gasteiger partial charge on any atom is -0.395 e. The topological polar surface area (TPSA) is 107 Å². The molecule has 9 nitrogen and oxygen atoms in total. The molecule has 1 aromatic carbocycles. The lowest BCUT2D eigenvalue weighted by molar-refractivity contribution is 0.103. The number of aryl methyl sites for hydroxylation is 2. The zero-order valence-corrected chi connectivity index (χ0v) is 22.2. The van der Waals surface area contributed by atoms with Gasteiger partial charge in [0.2, 0.25) is 0 Å². The highest BCUT2D eigenvalue weighted by Crippen LogP contribution is 2.27. The molecular formula is C23H28IN7O2S. The van der Waals surface area contributed by atoms with Crippen molar-refractivity contribution in [3.05, 3.63) is 52.3 Å². The highest BCUT2D eigenvalue weighted by Gasteiger charge is 2.19. The number of piperazine rings is 1. The van der Waals surface area contributed by atoms with Gasteiger partial charge in [-0.15, -0.1) is 0 Å². The van der Waals surface area contributed by atoms with Crippen molar-refractivity contribution in [1.82, 2.24) is 19.9 Å². The van der Waals surface area contributed by atoms with Gasteiger partial charge < -0.3 is 20.6 Å². The lowest BCUT2D eigenvalue weighted by Gasteiger charge is -2.35. The average molecular weight is 593 g/mol. The standard InChI is InChI=1S/C23H28IN7O2S/c1-15-4-3-5-17(13-24)21(15)29-22(33)18-14-25-23(34-18)28-19-12-20(27-16(2)26-19)31-8-6-30(7-9-31)10-11-32/h3-5,12,14,32H,6-11,13H2,1-2H3,(H,29,33)(H,25,26,27,28). The van der Waals surface area contributed by atoms with E-state index in [9.17, 15) is 4.79 Å². The lowest BCUT2D eigenvalue weighted by Crippen LogP contribution is -2.47. The van der Waals surface area contributed by atoms with Crippen LogP contribution < -0.4 is 15.5 Å². The van der Waals surface area contributed by atoms with Gasteiger partial charge >= 0.3 is 0 Å². The van der Waals surface area contributed by atoms with Crippen LogP contribution in [-0.4, -0.2) is 70.2 Å². The van der Waals surface area contributed by atoms with Crippen LogP contribution in [-0.2, 0) is 4.43 Å². The molecule has 11 heteroatoms. The molecule has 180 valence electrons. The number of rotatable bonds is 8. The molecule has 1 saturated heterocycles. The molecular weight excluding hydrogens is 565 g/mol. The number of para-hydroxylation sites is 1. The third kappa shape index (κ3) is 6.01. The first-order chi connectivity index (χ1) is 16.5. The molecule has 0 unspecified atom stereocenters. The normalized spacial score (nSPS) is 14.3. The van der Waals surface area contributed by atoms with Gasteiger partial charge in [-0.1, -0.05) is 52.1 Å². The van der Waals surface area contributed by atoms with Crippen LogP contribution in [0.2, 0.25) is 0 Å². The van der Waals surface area contributed by atoms with Crippen molar-refractivity contribution in [1.29, 1.82) is 0 Å². The minimum atomic E-state index is -0.175. The van der Waals surface area contributed by atoms with Gasteiger partial charge in [0.05, 0.1) is 12.8 Å². The van der Waals surface area contributed by atoms with E-state index in [4.69, 9.17) is 5.11 Å². The largest absolute Gasteiger partial charge is 0.395 e. The molecule has 34 heavy (non-hydrogen) atoms. The van der Waals surface area contributed by atoms with Crippen LogP contribution in [0.25, 0.3) is 0 Å². The fourth-order valence-electron chi connectivity index (χ4n) is 3.86. The summed E-state index contributed by atoms with van der Waals surface area (Å²) in [4.78, 5) is 31.3. The van der Waals surface area contributed by atoms with Crippen molar-refractivity contribution in [2.75, 3.05) is 54.9 Å². The number of aromatic nitrogens is 3. The first-order valence-corrected chi connectivity index (χ1v) is 13.4. The Balaban J connectivity index is 1.44. The second-order valence-corrected chi connectivity index (χ2v) is 9.86. The van der Waals surface area contributed by atoms with E-state index in [0.29, 0.717) is 28.2 Å². The van der Waals surface area contributed by atoms with Crippen LogP contribution in [0.4, 0.5) is 22.5 Å². The number of benzene rings is 1. The number of nitrogens with zero attached hydrogens (tertiary/aromatic N) is 5. The van der Waals surface area contributed by atoms with Crippen LogP contribution in [0.5, 0.6) is 0 Å². The fourth-order valence-corrected chi connectivity index (χ4v) is 5.21. The maximum Gasteiger partial charge on any atom is 0.267 e. The van der Waals surface area contributed by atoms with E-state index in [1.165, 1.54) is 11.3 Å². The molecule has 1 aliphatic heterocycles. The van der Waals surface area contributed by atoms with Crippen molar-refractivity contribution < 1.29 is 9.90 Å². The molecule has 0 bridgehead atoms. The number of anilines is 4. The highest BCUT2D eigenvalue weighted by atomic mass is 127. The van der Waals surface area contributed by atoms with Crippen LogP contribution in [0.1, 0.15) is 26.6 Å². The Labute approximate surface area is 216 Å². The molecule has 3 aromatic rings. The molecule has 0 radical (unpaired) electrons. The summed E-state index contributed by atoms with van der Waals surface area (Å²) in [7, 11) is 0. The Morgan fingerprint density at radius 1 is 1.21 bits per heavy atom. The number of alkyl halides is 1. The number of nitrogens with one attached hydrogen (secondary N) is 2. The second-order valence-electron chi connectivity index (χ2n) is 8.06. The van der Waals surface area contributed by atoms with Crippen molar-refractivity contribution >= 4 is 62.3 Å². The molecule has 0 saturated carbocycles. The van der Waals surface area contributed by atoms with Gasteiger partial charge in [0, 0.05) is 48.9 Å². The van der Waals surface area contributed by atoms with Crippen molar-refractivity contribution in [3.63, 3.8) is 0 Å². The monoisotopic (exact) mass is 593 g/mol. The first kappa shape index (κ1) is 24.8. The van der Waals surface area contributed by atoms with Crippen LogP contribution in [0.15, 0.2) is 30.5 Å². The number of carbonyl (C=O) groups is 1. The summed E-state index contributed by atoms with van der Waals surface area (Å²) in [6.45, 7) is 8.20. The molecule has 3 N–H and O–H groups in total. The van der Waals surface area contributed by atoms with E-state index < -0.39 is 0 Å². The Kier molecular flexibility index (Phi) is 8.29. The highest BCUT2D eigenvalue weighted by molar-refractivity contribution is 14.1. The number of hydrogen-bond donors (Lipinski definition) is 3. The van der Waals surface area contributed by atoms with Gasteiger partial charge in [-0.2, -0.15) is 0 Å². The number of amides is 1. The zero-order chi connectivity index (χ0) is 24.1. The number of thiazole rings is 1. The van der Waals surface area contributed by atoms with E-state index >= 15 is 0 Å². The van der Waals surface area contributed by atoms with Gasteiger partial charge in [0.15, 0.2) is 5.13 Å². The van der Waals surface area contributed by atoms with Gasteiger partial charge in [-0.3, -0.25) is 9.69 Å². The smallest absolute Gasteiger partial charge is 0.267 e. The predicted octanol–water partition coefficient (Wildman–Crippen LogP) is 3.60. The van der Waals surface area contributed by atoms with Crippen LogP contribution in [0.3, 0.4) is 0 Å². The molecule has 1 fully saturated rings. The summed E-state index contributed by atoms with van der Waals surface area (Å²) < 4.78 is 0.816. The Morgan fingerprint density at radius 2 is 2.00 bits per heavy atom. The summed E-state index contributed by atoms with van der Waals surface area (Å²) in [6.07, 6.45) is 1.58. The molecule has 1 amide bonds. The van der Waals surface area contributed by atoms with E-state index in [1.807, 2.05) is 38.1 Å². The number of hydrogen-bond acceptors (Lipinski definition) is 9. The molecule has 2 aromatic heterocycles. The summed E-state index contributed by atoms with van der Waals surface area (Å²) in [6, 6.07) is 7.93. The molecule has 1 aliphatic rings. The SMILES string of the molecule is Cc1nc(Nc2ncc(C(=O)Nc3c(C)cccc3CI)s2)cc(N2CCN(CCO)CC2)n1. The Hall–Kier alpha value is -2.35. The summed E-state index contributed by atoms with van der Waals surface area (Å²) in [5.41, 5.74) is 2.99. The van der Waals surface area contributed by atoms with Gasteiger partial charge in [-0.25, -0.2) is 15.0 Å². The zero-order valence-electron chi connectivity index (χ0n) is 19.2. The molecule has 4 rings (SSSR count). The van der Waals surface area contributed by atoms with Crippen molar-refractivity contribution in [3.8, 4) is 0 Å². The van der Waals surface area contributed by atoms with Crippen molar-refractivity contribution in [2.24, 2.45) is 0 Å². The molecule has 0 aliphatic carbocycles. The summed E-state index contributed by atoms with van der Waals surface area (Å²) >= 11 is 3.59. The Bertz CT molecular complexity index is 1150. The summed E-state index contributed by atoms with van der Waals surface area (Å²) in [5.74, 6) is 2.00.